The Hall–Kier alpha value is -2.18. The summed E-state index contributed by atoms with van der Waals surface area (Å²) in [5, 5.41) is 9.69. The van der Waals surface area contributed by atoms with E-state index in [2.05, 4.69) is 20.3 Å². The van der Waals surface area contributed by atoms with Crippen LogP contribution in [-0.2, 0) is 4.74 Å². The lowest BCUT2D eigenvalue weighted by Gasteiger charge is -2.07. The minimum absolute atomic E-state index is 0.0527. The van der Waals surface area contributed by atoms with Gasteiger partial charge in [-0.3, -0.25) is 4.79 Å². The lowest BCUT2D eigenvalue weighted by Crippen LogP contribution is -2.13. The molecule has 2 aromatic rings. The second kappa shape index (κ2) is 6.51. The van der Waals surface area contributed by atoms with Crippen molar-refractivity contribution in [3.63, 3.8) is 0 Å². The van der Waals surface area contributed by atoms with Crippen molar-refractivity contribution in [1.29, 1.82) is 0 Å². The Morgan fingerprint density at radius 1 is 1.14 bits per heavy atom. The number of carbonyl (C=O) groups excluding carboxylic acids is 2. The first kappa shape index (κ1) is 15.2. The quantitative estimate of drug-likeness (QED) is 0.877. The molecule has 0 spiro atoms. The highest BCUT2D eigenvalue weighted by atomic mass is 35.5. The van der Waals surface area contributed by atoms with Gasteiger partial charge >= 0.3 is 5.97 Å². The first-order valence-electron chi connectivity index (χ1n) is 5.69. The zero-order chi connectivity index (χ0) is 15.4. The topological polar surface area (TPSA) is 81.2 Å². The maximum atomic E-state index is 12.0. The number of amides is 1. The normalized spacial score (nSPS) is 10.0. The van der Waals surface area contributed by atoms with Crippen molar-refractivity contribution in [1.82, 2.24) is 10.2 Å². The molecule has 0 unspecified atom stereocenters. The Morgan fingerprint density at radius 2 is 1.81 bits per heavy atom. The van der Waals surface area contributed by atoms with Gasteiger partial charge in [0.2, 0.25) is 0 Å². The van der Waals surface area contributed by atoms with Crippen molar-refractivity contribution < 1.29 is 14.3 Å². The number of hydrogen-bond donors (Lipinski definition) is 1. The van der Waals surface area contributed by atoms with Crippen LogP contribution in [-0.4, -0.2) is 29.2 Å². The summed E-state index contributed by atoms with van der Waals surface area (Å²) >= 11 is 11.5. The summed E-state index contributed by atoms with van der Waals surface area (Å²) in [6, 6.07) is 7.50. The van der Waals surface area contributed by atoms with Gasteiger partial charge in [0.15, 0.2) is 10.3 Å². The molecular formula is C13H9Cl2N3O3. The van der Waals surface area contributed by atoms with Crippen molar-refractivity contribution in [2.75, 3.05) is 12.4 Å². The predicted molar refractivity (Wildman–Crippen MR) is 77.8 cm³/mol. The van der Waals surface area contributed by atoms with Crippen LogP contribution in [0.2, 0.25) is 10.3 Å². The Kier molecular flexibility index (Phi) is 4.72. The number of nitrogens with zero attached hydrogens (tertiary/aromatic N) is 2. The number of carbonyl (C=O) groups is 2. The molecule has 21 heavy (non-hydrogen) atoms. The first-order chi connectivity index (χ1) is 10.0. The van der Waals surface area contributed by atoms with Crippen LogP contribution in [0.1, 0.15) is 20.7 Å². The molecule has 0 saturated carbocycles. The number of aromatic nitrogens is 2. The number of rotatable bonds is 3. The Balaban J connectivity index is 2.16. The van der Waals surface area contributed by atoms with E-state index in [1.54, 1.807) is 12.1 Å². The second-order valence-corrected chi connectivity index (χ2v) is 4.64. The second-order valence-electron chi connectivity index (χ2n) is 3.89. The zero-order valence-electron chi connectivity index (χ0n) is 10.8. The summed E-state index contributed by atoms with van der Waals surface area (Å²) in [5.74, 6) is -0.941. The van der Waals surface area contributed by atoms with Gasteiger partial charge < -0.3 is 10.1 Å². The molecule has 1 heterocycles. The number of esters is 1. The molecule has 108 valence electrons. The molecule has 0 aliphatic rings. The van der Waals surface area contributed by atoms with Crippen LogP contribution in [0.4, 0.5) is 5.69 Å². The van der Waals surface area contributed by atoms with Crippen molar-refractivity contribution in [2.45, 2.75) is 0 Å². The smallest absolute Gasteiger partial charge is 0.337 e. The molecule has 0 aliphatic heterocycles. The fourth-order valence-corrected chi connectivity index (χ4v) is 1.84. The van der Waals surface area contributed by atoms with E-state index in [4.69, 9.17) is 23.2 Å². The van der Waals surface area contributed by atoms with E-state index in [1.165, 1.54) is 25.3 Å². The van der Waals surface area contributed by atoms with E-state index in [0.717, 1.165) is 0 Å². The van der Waals surface area contributed by atoms with Crippen LogP contribution in [0.15, 0.2) is 30.3 Å². The number of methoxy groups -OCH3 is 1. The predicted octanol–water partition coefficient (Wildman–Crippen LogP) is 2.82. The third-order valence-electron chi connectivity index (χ3n) is 2.53. The lowest BCUT2D eigenvalue weighted by atomic mass is 10.2. The SMILES string of the molecule is COC(=O)c1ccc(NC(=O)c2cc(Cl)nnc2Cl)cc1. The molecule has 1 aromatic heterocycles. The van der Waals surface area contributed by atoms with E-state index in [0.29, 0.717) is 11.3 Å². The molecule has 0 aliphatic carbocycles. The Bertz CT molecular complexity index is 690. The highest BCUT2D eigenvalue weighted by molar-refractivity contribution is 6.34. The van der Waals surface area contributed by atoms with Crippen LogP contribution in [0.25, 0.3) is 0 Å². The van der Waals surface area contributed by atoms with Gasteiger partial charge in [0.25, 0.3) is 5.91 Å². The minimum atomic E-state index is -0.484. The van der Waals surface area contributed by atoms with Gasteiger partial charge in [-0.15, -0.1) is 10.2 Å². The highest BCUT2D eigenvalue weighted by Crippen LogP contribution is 2.18. The summed E-state index contributed by atoms with van der Waals surface area (Å²) in [6.07, 6.45) is 0. The summed E-state index contributed by atoms with van der Waals surface area (Å²) < 4.78 is 4.58. The van der Waals surface area contributed by atoms with Crippen molar-refractivity contribution >= 4 is 40.8 Å². The van der Waals surface area contributed by atoms with Crippen LogP contribution in [0, 0.1) is 0 Å². The summed E-state index contributed by atoms with van der Waals surface area (Å²) in [4.78, 5) is 23.3. The number of nitrogens with one attached hydrogen (secondary N) is 1. The molecule has 1 aromatic carbocycles. The molecule has 0 atom stereocenters. The summed E-state index contributed by atoms with van der Waals surface area (Å²) in [7, 11) is 1.29. The standard InChI is InChI=1S/C13H9Cl2N3O3/c1-21-13(20)7-2-4-8(5-3-7)16-12(19)9-6-10(14)17-18-11(9)15/h2-6H,1H3,(H,16,19). The van der Waals surface area contributed by atoms with Crippen molar-refractivity contribution in [2.24, 2.45) is 0 Å². The first-order valence-corrected chi connectivity index (χ1v) is 6.45. The van der Waals surface area contributed by atoms with Crippen LogP contribution >= 0.6 is 23.2 Å². The fraction of sp³-hybridized carbons (Fsp3) is 0.0769. The van der Waals surface area contributed by atoms with E-state index >= 15 is 0 Å². The van der Waals surface area contributed by atoms with Crippen LogP contribution in [0.3, 0.4) is 0 Å². The molecule has 1 N–H and O–H groups in total. The van der Waals surface area contributed by atoms with Crippen LogP contribution in [0.5, 0.6) is 0 Å². The van der Waals surface area contributed by atoms with E-state index in [9.17, 15) is 9.59 Å². The van der Waals surface area contributed by atoms with Crippen molar-refractivity contribution in [3.8, 4) is 0 Å². The number of anilines is 1. The lowest BCUT2D eigenvalue weighted by molar-refractivity contribution is 0.0600. The Morgan fingerprint density at radius 3 is 2.43 bits per heavy atom. The van der Waals surface area contributed by atoms with Gasteiger partial charge in [0.05, 0.1) is 18.2 Å². The maximum Gasteiger partial charge on any atom is 0.337 e. The van der Waals surface area contributed by atoms with Gasteiger partial charge in [0, 0.05) is 5.69 Å². The van der Waals surface area contributed by atoms with Crippen LogP contribution < -0.4 is 5.32 Å². The average molecular weight is 326 g/mol. The minimum Gasteiger partial charge on any atom is -0.465 e. The number of ether oxygens (including phenoxy) is 1. The molecule has 0 fully saturated rings. The van der Waals surface area contributed by atoms with Gasteiger partial charge in [-0.05, 0) is 30.3 Å². The molecule has 0 bridgehead atoms. The maximum absolute atomic E-state index is 12.0. The van der Waals surface area contributed by atoms with Gasteiger partial charge in [-0.25, -0.2) is 4.79 Å². The third kappa shape index (κ3) is 3.68. The van der Waals surface area contributed by atoms with Gasteiger partial charge in [0.1, 0.15) is 0 Å². The molecule has 6 nitrogen and oxygen atoms in total. The van der Waals surface area contributed by atoms with Crippen molar-refractivity contribution in [3.05, 3.63) is 51.8 Å². The van der Waals surface area contributed by atoms with E-state index in [-0.39, 0.29) is 15.9 Å². The molecular weight excluding hydrogens is 317 g/mol. The zero-order valence-corrected chi connectivity index (χ0v) is 12.3. The summed E-state index contributed by atoms with van der Waals surface area (Å²) in [5.41, 5.74) is 0.965. The number of halogens is 2. The molecule has 0 saturated heterocycles. The highest BCUT2D eigenvalue weighted by Gasteiger charge is 2.14. The number of benzene rings is 1. The Labute approximate surface area is 130 Å². The van der Waals surface area contributed by atoms with E-state index < -0.39 is 11.9 Å². The molecule has 8 heteroatoms. The molecule has 2 rings (SSSR count). The third-order valence-corrected chi connectivity index (χ3v) is 2.99. The fourth-order valence-electron chi connectivity index (χ4n) is 1.52. The molecule has 0 radical (unpaired) electrons. The largest absolute Gasteiger partial charge is 0.465 e. The van der Waals surface area contributed by atoms with E-state index in [1.807, 2.05) is 0 Å². The van der Waals surface area contributed by atoms with Gasteiger partial charge in [-0.2, -0.15) is 0 Å². The average Bonchev–Trinajstić information content (AvgIpc) is 2.49. The molecule has 1 amide bonds. The monoisotopic (exact) mass is 325 g/mol. The van der Waals surface area contributed by atoms with Gasteiger partial charge in [-0.1, -0.05) is 23.2 Å². The summed E-state index contributed by atoms with van der Waals surface area (Å²) in [6.45, 7) is 0. The number of hydrogen-bond acceptors (Lipinski definition) is 5.